The number of ether oxygens (including phenoxy) is 1. The second-order valence-corrected chi connectivity index (χ2v) is 5.82. The summed E-state index contributed by atoms with van der Waals surface area (Å²) >= 11 is 3.29. The van der Waals surface area contributed by atoms with Gasteiger partial charge in [0.15, 0.2) is 5.96 Å². The van der Waals surface area contributed by atoms with Crippen LogP contribution in [0.2, 0.25) is 0 Å². The Balaban J connectivity index is 1.90. The van der Waals surface area contributed by atoms with E-state index >= 15 is 0 Å². The largest absolute Gasteiger partial charge is 0.497 e. The van der Waals surface area contributed by atoms with Gasteiger partial charge in [-0.05, 0) is 41.5 Å². The molecule has 2 aromatic rings. The highest BCUT2D eigenvalue weighted by molar-refractivity contribution is 9.10. The van der Waals surface area contributed by atoms with Gasteiger partial charge in [-0.2, -0.15) is 0 Å². The zero-order chi connectivity index (χ0) is 16.7. The van der Waals surface area contributed by atoms with Crippen molar-refractivity contribution in [2.45, 2.75) is 13.1 Å². The molecule has 2 aromatic carbocycles. The van der Waals surface area contributed by atoms with Gasteiger partial charge in [-0.1, -0.05) is 28.1 Å². The van der Waals surface area contributed by atoms with Crippen molar-refractivity contribution in [3.63, 3.8) is 0 Å². The van der Waals surface area contributed by atoms with E-state index in [0.29, 0.717) is 23.5 Å². The maximum absolute atomic E-state index is 13.4. The molecule has 0 saturated heterocycles. The fraction of sp³-hybridized carbons (Fsp3) is 0.235. The summed E-state index contributed by atoms with van der Waals surface area (Å²) in [6.45, 7) is 1.10. The van der Waals surface area contributed by atoms with Gasteiger partial charge in [-0.25, -0.2) is 4.39 Å². The minimum absolute atomic E-state index is 0.268. The Morgan fingerprint density at radius 3 is 2.52 bits per heavy atom. The number of benzene rings is 2. The van der Waals surface area contributed by atoms with Crippen LogP contribution >= 0.6 is 15.9 Å². The summed E-state index contributed by atoms with van der Waals surface area (Å²) in [6.07, 6.45) is 0. The molecule has 2 N–H and O–H groups in total. The molecule has 0 aliphatic rings. The molecular weight excluding hydrogens is 361 g/mol. The summed E-state index contributed by atoms with van der Waals surface area (Å²) in [5.74, 6) is 1.19. The molecule has 6 heteroatoms. The highest BCUT2D eigenvalue weighted by Crippen LogP contribution is 2.15. The lowest BCUT2D eigenvalue weighted by Crippen LogP contribution is -2.36. The van der Waals surface area contributed by atoms with Crippen LogP contribution in [0.25, 0.3) is 0 Å². The number of rotatable bonds is 5. The Hall–Kier alpha value is -2.08. The first kappa shape index (κ1) is 17.3. The summed E-state index contributed by atoms with van der Waals surface area (Å²) in [6, 6.07) is 12.6. The second kappa shape index (κ2) is 8.53. The first-order chi connectivity index (χ1) is 11.1. The lowest BCUT2D eigenvalue weighted by atomic mass is 10.2. The lowest BCUT2D eigenvalue weighted by Gasteiger charge is -2.13. The molecule has 23 heavy (non-hydrogen) atoms. The van der Waals surface area contributed by atoms with Crippen LogP contribution in [0.1, 0.15) is 11.1 Å². The maximum Gasteiger partial charge on any atom is 0.191 e. The molecule has 0 amide bonds. The van der Waals surface area contributed by atoms with Crippen LogP contribution in [-0.2, 0) is 13.1 Å². The standard InChI is InChI=1S/C17H19BrFN3O/c1-20-17(21-10-12-4-3-5-16(8-12)23-2)22-11-13-6-14(18)9-15(19)7-13/h3-9H,10-11H2,1-2H3,(H2,20,21,22). The molecule has 0 unspecified atom stereocenters. The number of hydrogen-bond acceptors (Lipinski definition) is 2. The van der Waals surface area contributed by atoms with Crippen LogP contribution < -0.4 is 15.4 Å². The van der Waals surface area contributed by atoms with Gasteiger partial charge in [0, 0.05) is 24.6 Å². The molecule has 2 rings (SSSR count). The molecule has 0 fully saturated rings. The summed E-state index contributed by atoms with van der Waals surface area (Å²) in [5, 5.41) is 6.37. The first-order valence-corrected chi connectivity index (χ1v) is 7.92. The Bertz CT molecular complexity index is 671. The quantitative estimate of drug-likeness (QED) is 0.617. The number of halogens is 2. The Labute approximate surface area is 143 Å². The van der Waals surface area contributed by atoms with Gasteiger partial charge in [-0.3, -0.25) is 4.99 Å². The molecule has 0 spiro atoms. The van der Waals surface area contributed by atoms with Gasteiger partial charge in [-0.15, -0.1) is 0 Å². The molecule has 0 aromatic heterocycles. The van der Waals surface area contributed by atoms with Crippen molar-refractivity contribution >= 4 is 21.9 Å². The third kappa shape index (κ3) is 5.56. The number of nitrogens with one attached hydrogen (secondary N) is 2. The zero-order valence-corrected chi connectivity index (χ0v) is 14.7. The van der Waals surface area contributed by atoms with E-state index < -0.39 is 0 Å². The number of nitrogens with zero attached hydrogens (tertiary/aromatic N) is 1. The van der Waals surface area contributed by atoms with Crippen molar-refractivity contribution in [2.24, 2.45) is 4.99 Å². The van der Waals surface area contributed by atoms with Gasteiger partial charge in [0.1, 0.15) is 11.6 Å². The van der Waals surface area contributed by atoms with Crippen LogP contribution in [0.3, 0.4) is 0 Å². The zero-order valence-electron chi connectivity index (χ0n) is 13.1. The van der Waals surface area contributed by atoms with Gasteiger partial charge in [0.05, 0.1) is 7.11 Å². The van der Waals surface area contributed by atoms with E-state index in [4.69, 9.17) is 4.74 Å². The second-order valence-electron chi connectivity index (χ2n) is 4.91. The predicted octanol–water partition coefficient (Wildman–Crippen LogP) is 3.46. The monoisotopic (exact) mass is 379 g/mol. The van der Waals surface area contributed by atoms with Crippen LogP contribution in [0, 0.1) is 5.82 Å². The van der Waals surface area contributed by atoms with Crippen molar-refractivity contribution in [1.82, 2.24) is 10.6 Å². The van der Waals surface area contributed by atoms with E-state index in [1.54, 1.807) is 14.2 Å². The predicted molar refractivity (Wildman–Crippen MR) is 94.1 cm³/mol. The van der Waals surface area contributed by atoms with Crippen molar-refractivity contribution in [1.29, 1.82) is 0 Å². The van der Waals surface area contributed by atoms with Gasteiger partial charge in [0.2, 0.25) is 0 Å². The molecule has 4 nitrogen and oxygen atoms in total. The Morgan fingerprint density at radius 2 is 1.87 bits per heavy atom. The topological polar surface area (TPSA) is 45.7 Å². The average Bonchev–Trinajstić information content (AvgIpc) is 2.54. The fourth-order valence-corrected chi connectivity index (χ4v) is 2.60. The highest BCUT2D eigenvalue weighted by Gasteiger charge is 2.02. The van der Waals surface area contributed by atoms with Crippen LogP contribution in [-0.4, -0.2) is 20.1 Å². The van der Waals surface area contributed by atoms with Crippen molar-refractivity contribution < 1.29 is 9.13 Å². The van der Waals surface area contributed by atoms with E-state index in [2.05, 4.69) is 31.6 Å². The Kier molecular flexibility index (Phi) is 6.40. The van der Waals surface area contributed by atoms with Gasteiger partial charge in [0.25, 0.3) is 0 Å². The fourth-order valence-electron chi connectivity index (χ4n) is 2.09. The van der Waals surface area contributed by atoms with Crippen LogP contribution in [0.4, 0.5) is 4.39 Å². The minimum atomic E-state index is -0.268. The molecule has 0 aliphatic carbocycles. The molecule has 0 radical (unpaired) electrons. The molecule has 122 valence electrons. The number of aliphatic imine (C=N–C) groups is 1. The number of methoxy groups -OCH3 is 1. The molecule has 0 aliphatic heterocycles. The molecule has 0 bridgehead atoms. The third-order valence-electron chi connectivity index (χ3n) is 3.20. The number of hydrogen-bond donors (Lipinski definition) is 2. The van der Waals surface area contributed by atoms with Crippen molar-refractivity contribution in [3.05, 3.63) is 63.9 Å². The maximum atomic E-state index is 13.4. The van der Waals surface area contributed by atoms with Crippen LogP contribution in [0.5, 0.6) is 5.75 Å². The van der Waals surface area contributed by atoms with E-state index in [-0.39, 0.29) is 5.82 Å². The smallest absolute Gasteiger partial charge is 0.191 e. The highest BCUT2D eigenvalue weighted by atomic mass is 79.9. The summed E-state index contributed by atoms with van der Waals surface area (Å²) in [5.41, 5.74) is 1.92. The van der Waals surface area contributed by atoms with E-state index in [9.17, 15) is 4.39 Å². The van der Waals surface area contributed by atoms with Crippen LogP contribution in [0.15, 0.2) is 51.9 Å². The lowest BCUT2D eigenvalue weighted by molar-refractivity contribution is 0.414. The molecule has 0 atom stereocenters. The molecular formula is C17H19BrFN3O. The van der Waals surface area contributed by atoms with E-state index in [1.165, 1.54) is 12.1 Å². The Morgan fingerprint density at radius 1 is 1.13 bits per heavy atom. The van der Waals surface area contributed by atoms with Crippen molar-refractivity contribution in [2.75, 3.05) is 14.2 Å². The summed E-state index contributed by atoms with van der Waals surface area (Å²) < 4.78 is 19.3. The van der Waals surface area contributed by atoms with Crippen molar-refractivity contribution in [3.8, 4) is 5.75 Å². The van der Waals surface area contributed by atoms with E-state index in [0.717, 1.165) is 16.9 Å². The minimum Gasteiger partial charge on any atom is -0.497 e. The summed E-state index contributed by atoms with van der Waals surface area (Å²) in [4.78, 5) is 4.16. The van der Waals surface area contributed by atoms with Gasteiger partial charge >= 0.3 is 0 Å². The van der Waals surface area contributed by atoms with Gasteiger partial charge < -0.3 is 15.4 Å². The summed E-state index contributed by atoms with van der Waals surface area (Å²) in [7, 11) is 3.34. The normalized spacial score (nSPS) is 11.2. The third-order valence-corrected chi connectivity index (χ3v) is 3.66. The van der Waals surface area contributed by atoms with E-state index in [1.807, 2.05) is 30.3 Å². The number of guanidine groups is 1. The molecule has 0 saturated carbocycles. The first-order valence-electron chi connectivity index (χ1n) is 7.13. The molecule has 0 heterocycles. The average molecular weight is 380 g/mol. The SMILES string of the molecule is CN=C(NCc1cc(F)cc(Br)c1)NCc1cccc(OC)c1.